The van der Waals surface area contributed by atoms with E-state index in [2.05, 4.69) is 73.6 Å². The van der Waals surface area contributed by atoms with Crippen LogP contribution in [0.2, 0.25) is 0 Å². The first kappa shape index (κ1) is 32.1. The summed E-state index contributed by atoms with van der Waals surface area (Å²) in [7, 11) is 0. The summed E-state index contributed by atoms with van der Waals surface area (Å²) in [6.45, 7) is 19.1. The lowest BCUT2D eigenvalue weighted by Crippen LogP contribution is -2.48. The Morgan fingerprint density at radius 3 is 2.30 bits per heavy atom. The average Bonchev–Trinajstić information content (AvgIpc) is 2.89. The fourth-order valence-electron chi connectivity index (χ4n) is 6.39. The molecule has 3 atom stereocenters. The number of hydrogen-bond acceptors (Lipinski definition) is 4. The van der Waals surface area contributed by atoms with Gasteiger partial charge in [0, 0.05) is 24.6 Å². The molecule has 1 aromatic carbocycles. The Bertz CT molecular complexity index is 1090. The van der Waals surface area contributed by atoms with Crippen LogP contribution in [0.3, 0.4) is 0 Å². The third kappa shape index (κ3) is 7.09. The molecular formula is C35H53NO4. The number of ether oxygens (including phenoxy) is 1. The lowest BCUT2D eigenvalue weighted by atomic mass is 9.53. The van der Waals surface area contributed by atoms with Crippen LogP contribution in [-0.4, -0.2) is 52.9 Å². The summed E-state index contributed by atoms with van der Waals surface area (Å²) in [5, 5.41) is 20.3. The molecule has 5 nitrogen and oxygen atoms in total. The van der Waals surface area contributed by atoms with E-state index in [0.717, 1.165) is 36.0 Å². The van der Waals surface area contributed by atoms with Crippen molar-refractivity contribution >= 4 is 11.5 Å². The number of allylic oxidation sites excluding steroid dienone is 1. The van der Waals surface area contributed by atoms with Gasteiger partial charge < -0.3 is 19.8 Å². The van der Waals surface area contributed by atoms with E-state index >= 15 is 0 Å². The SMILES string of the molecule is CCc1ccccc1C1=CC2C=CC(OCC(O)CCCC(C)(C(C)(C)C)C(C)(C)C)=CC2N(CCCO)C1=O. The minimum atomic E-state index is -0.549. The summed E-state index contributed by atoms with van der Waals surface area (Å²) >= 11 is 0. The molecule has 2 aliphatic rings. The molecule has 0 saturated heterocycles. The molecule has 40 heavy (non-hydrogen) atoms. The third-order valence-electron chi connectivity index (χ3n) is 9.64. The van der Waals surface area contributed by atoms with Crippen LogP contribution < -0.4 is 0 Å². The van der Waals surface area contributed by atoms with E-state index in [1.165, 1.54) is 0 Å². The molecule has 3 unspecified atom stereocenters. The molecule has 3 rings (SSSR count). The Kier molecular flexibility index (Phi) is 10.5. The number of aryl methyl sites for hydroxylation is 1. The van der Waals surface area contributed by atoms with Gasteiger partial charge in [-0.05, 0) is 65.2 Å². The minimum absolute atomic E-state index is 0.0118. The lowest BCUT2D eigenvalue weighted by molar-refractivity contribution is -0.127. The fraction of sp³-hybridized carbons (Fsp3) is 0.629. The maximum absolute atomic E-state index is 13.7. The largest absolute Gasteiger partial charge is 0.491 e. The summed E-state index contributed by atoms with van der Waals surface area (Å²) in [5.74, 6) is 0.700. The Morgan fingerprint density at radius 2 is 1.68 bits per heavy atom. The zero-order valence-corrected chi connectivity index (χ0v) is 26.2. The van der Waals surface area contributed by atoms with Crippen LogP contribution >= 0.6 is 0 Å². The fourth-order valence-corrected chi connectivity index (χ4v) is 6.39. The Morgan fingerprint density at radius 1 is 1.00 bits per heavy atom. The normalized spacial score (nSPS) is 20.6. The standard InChI is InChI=1S/C35H53NO4/c1-9-25-14-10-11-16-29(25)30-22-26-17-18-28(23-31(26)36(32(30)39)20-13-21-37)40-24-27(38)15-12-19-35(8,33(2,3)4)34(5,6)7/h10-11,14,16-18,22-23,26-27,31,37-38H,9,12-13,15,19-21,24H2,1-8H3. The number of hydrogen-bond donors (Lipinski definition) is 2. The first-order chi connectivity index (χ1) is 18.7. The zero-order chi connectivity index (χ0) is 29.7. The highest BCUT2D eigenvalue weighted by molar-refractivity contribution is 6.20. The van der Waals surface area contributed by atoms with Crippen molar-refractivity contribution in [1.29, 1.82) is 0 Å². The maximum Gasteiger partial charge on any atom is 0.254 e. The maximum atomic E-state index is 13.7. The molecule has 222 valence electrons. The highest BCUT2D eigenvalue weighted by Gasteiger charge is 2.45. The summed E-state index contributed by atoms with van der Waals surface area (Å²) in [4.78, 5) is 15.6. The van der Waals surface area contributed by atoms with Gasteiger partial charge >= 0.3 is 0 Å². The van der Waals surface area contributed by atoms with Crippen molar-refractivity contribution in [3.8, 4) is 0 Å². The van der Waals surface area contributed by atoms with Gasteiger partial charge in [0.15, 0.2) is 0 Å². The molecule has 0 saturated carbocycles. The van der Waals surface area contributed by atoms with Crippen molar-refractivity contribution in [2.24, 2.45) is 22.2 Å². The molecule has 1 aromatic rings. The molecule has 1 heterocycles. The van der Waals surface area contributed by atoms with Crippen molar-refractivity contribution in [3.05, 3.63) is 65.5 Å². The highest BCUT2D eigenvalue weighted by atomic mass is 16.5. The topological polar surface area (TPSA) is 70.0 Å². The molecular weight excluding hydrogens is 498 g/mol. The van der Waals surface area contributed by atoms with Crippen LogP contribution in [0, 0.1) is 22.2 Å². The first-order valence-electron chi connectivity index (χ1n) is 15.2. The average molecular weight is 552 g/mol. The Hall–Kier alpha value is -2.37. The van der Waals surface area contributed by atoms with Gasteiger partial charge in [0.05, 0.1) is 12.1 Å². The minimum Gasteiger partial charge on any atom is -0.491 e. The Labute approximate surface area is 243 Å². The van der Waals surface area contributed by atoms with Gasteiger partial charge in [-0.15, -0.1) is 0 Å². The van der Waals surface area contributed by atoms with Gasteiger partial charge in [-0.3, -0.25) is 4.79 Å². The van der Waals surface area contributed by atoms with Crippen LogP contribution in [-0.2, 0) is 16.0 Å². The summed E-state index contributed by atoms with van der Waals surface area (Å²) in [6, 6.07) is 7.92. The molecule has 5 heteroatoms. The zero-order valence-electron chi connectivity index (χ0n) is 26.2. The van der Waals surface area contributed by atoms with Crippen LogP contribution in [0.25, 0.3) is 5.57 Å². The Balaban J connectivity index is 1.68. The van der Waals surface area contributed by atoms with Crippen LogP contribution in [0.15, 0.2) is 54.3 Å². The van der Waals surface area contributed by atoms with E-state index in [-0.39, 0.29) is 47.3 Å². The van der Waals surface area contributed by atoms with E-state index in [9.17, 15) is 15.0 Å². The van der Waals surface area contributed by atoms with E-state index in [1.807, 2.05) is 35.3 Å². The van der Waals surface area contributed by atoms with Gasteiger partial charge in [-0.25, -0.2) is 0 Å². The van der Waals surface area contributed by atoms with Crippen molar-refractivity contribution < 1.29 is 19.7 Å². The molecule has 0 fully saturated rings. The van der Waals surface area contributed by atoms with Crippen LogP contribution in [0.5, 0.6) is 0 Å². The van der Waals surface area contributed by atoms with Crippen molar-refractivity contribution in [2.45, 2.75) is 99.6 Å². The van der Waals surface area contributed by atoms with Crippen molar-refractivity contribution in [2.75, 3.05) is 19.8 Å². The molecule has 2 N–H and O–H groups in total. The number of aliphatic hydroxyl groups excluding tert-OH is 2. The number of amides is 1. The van der Waals surface area contributed by atoms with Gasteiger partial charge in [0.2, 0.25) is 0 Å². The molecule has 1 aliphatic carbocycles. The van der Waals surface area contributed by atoms with Crippen molar-refractivity contribution in [1.82, 2.24) is 4.90 Å². The molecule has 0 spiro atoms. The van der Waals surface area contributed by atoms with Crippen LogP contribution in [0.1, 0.15) is 92.2 Å². The highest BCUT2D eigenvalue weighted by Crippen LogP contribution is 2.54. The predicted octanol–water partition coefficient (Wildman–Crippen LogP) is 6.94. The predicted molar refractivity (Wildman–Crippen MR) is 165 cm³/mol. The molecule has 0 radical (unpaired) electrons. The second-order valence-electron chi connectivity index (χ2n) is 13.9. The number of fused-ring (bicyclic) bond motifs is 1. The van der Waals surface area contributed by atoms with Gasteiger partial charge in [0.1, 0.15) is 12.4 Å². The van der Waals surface area contributed by atoms with Gasteiger partial charge in [-0.2, -0.15) is 0 Å². The molecule has 1 amide bonds. The monoisotopic (exact) mass is 551 g/mol. The van der Waals surface area contributed by atoms with Gasteiger partial charge in [-0.1, -0.05) is 98.2 Å². The van der Waals surface area contributed by atoms with Gasteiger partial charge in [0.25, 0.3) is 5.91 Å². The first-order valence-corrected chi connectivity index (χ1v) is 15.2. The summed E-state index contributed by atoms with van der Waals surface area (Å²) in [6.07, 6.45) is 11.6. The number of benzene rings is 1. The van der Waals surface area contributed by atoms with Crippen LogP contribution in [0.4, 0.5) is 0 Å². The molecule has 0 bridgehead atoms. The lowest BCUT2D eigenvalue weighted by Gasteiger charge is -2.52. The second-order valence-corrected chi connectivity index (χ2v) is 13.9. The molecule has 1 aliphatic heterocycles. The van der Waals surface area contributed by atoms with E-state index in [0.29, 0.717) is 25.1 Å². The third-order valence-corrected chi connectivity index (χ3v) is 9.64. The summed E-state index contributed by atoms with van der Waals surface area (Å²) in [5.41, 5.74) is 3.33. The number of carbonyl (C=O) groups is 1. The number of carbonyl (C=O) groups excluding carboxylic acids is 1. The van der Waals surface area contributed by atoms with E-state index in [4.69, 9.17) is 4.74 Å². The number of nitrogens with zero attached hydrogens (tertiary/aromatic N) is 1. The second kappa shape index (κ2) is 13.1. The number of rotatable bonds is 12. The summed E-state index contributed by atoms with van der Waals surface area (Å²) < 4.78 is 6.06. The molecule has 0 aromatic heterocycles. The quantitative estimate of drug-likeness (QED) is 0.295. The van der Waals surface area contributed by atoms with E-state index in [1.54, 1.807) is 0 Å². The smallest absolute Gasteiger partial charge is 0.254 e. The van der Waals surface area contributed by atoms with Crippen molar-refractivity contribution in [3.63, 3.8) is 0 Å². The number of aliphatic hydroxyl groups is 2. The van der Waals surface area contributed by atoms with E-state index < -0.39 is 6.10 Å².